The molecule has 0 saturated carbocycles. The van der Waals surface area contributed by atoms with Crippen molar-refractivity contribution < 1.29 is 9.84 Å². The maximum atomic E-state index is 9.54. The number of rotatable bonds is 4. The molecule has 102 valence electrons. The predicted octanol–water partition coefficient (Wildman–Crippen LogP) is 4.21. The summed E-state index contributed by atoms with van der Waals surface area (Å²) < 4.78 is 5.13. The molecule has 2 heteroatoms. The first-order valence-electron chi connectivity index (χ1n) is 6.69. The van der Waals surface area contributed by atoms with Crippen LogP contribution in [0.3, 0.4) is 0 Å². The lowest BCUT2D eigenvalue weighted by molar-refractivity contribution is 0.407. The standard InChI is InChI=1S/C15H16O2.C2H6/c1-17-15-10-13(9-14(16)11-15)8-7-12-5-3-2-4-6-12;1-2/h2-6,9-11,16H,7-8H2,1H3;1-2H3. The van der Waals surface area contributed by atoms with Crippen molar-refractivity contribution >= 4 is 0 Å². The van der Waals surface area contributed by atoms with Crippen molar-refractivity contribution in [2.45, 2.75) is 26.7 Å². The lowest BCUT2D eigenvalue weighted by atomic mass is 10.0. The highest BCUT2D eigenvalue weighted by Crippen LogP contribution is 2.22. The number of phenolic OH excluding ortho intramolecular Hbond substituents is 1. The van der Waals surface area contributed by atoms with E-state index in [1.807, 2.05) is 38.1 Å². The van der Waals surface area contributed by atoms with E-state index in [0.29, 0.717) is 5.75 Å². The molecule has 0 aliphatic heterocycles. The van der Waals surface area contributed by atoms with Crippen LogP contribution < -0.4 is 4.74 Å². The third kappa shape index (κ3) is 5.04. The normalized spacial score (nSPS) is 9.42. The minimum atomic E-state index is 0.257. The number of phenols is 1. The topological polar surface area (TPSA) is 29.5 Å². The van der Waals surface area contributed by atoms with Crippen LogP contribution in [0.25, 0.3) is 0 Å². The first-order chi connectivity index (χ1) is 9.28. The monoisotopic (exact) mass is 258 g/mol. The van der Waals surface area contributed by atoms with Gasteiger partial charge < -0.3 is 9.84 Å². The molecule has 2 aromatic rings. The van der Waals surface area contributed by atoms with Crippen LogP contribution in [0, 0.1) is 0 Å². The molecule has 0 amide bonds. The van der Waals surface area contributed by atoms with Crippen LogP contribution in [-0.4, -0.2) is 12.2 Å². The van der Waals surface area contributed by atoms with Gasteiger partial charge in [0.2, 0.25) is 0 Å². The first-order valence-corrected chi connectivity index (χ1v) is 6.69. The second-order valence-corrected chi connectivity index (χ2v) is 4.02. The van der Waals surface area contributed by atoms with E-state index in [-0.39, 0.29) is 5.75 Å². The Kier molecular flexibility index (Phi) is 6.51. The Morgan fingerprint density at radius 1 is 0.895 bits per heavy atom. The van der Waals surface area contributed by atoms with Crippen molar-refractivity contribution in [1.29, 1.82) is 0 Å². The molecule has 2 nitrogen and oxygen atoms in total. The number of ether oxygens (including phenoxy) is 1. The van der Waals surface area contributed by atoms with Gasteiger partial charge in [-0.25, -0.2) is 0 Å². The zero-order valence-electron chi connectivity index (χ0n) is 11.9. The highest BCUT2D eigenvalue weighted by Gasteiger charge is 2.01. The minimum Gasteiger partial charge on any atom is -0.508 e. The number of aryl methyl sites for hydroxylation is 2. The molecule has 0 heterocycles. The fraction of sp³-hybridized carbons (Fsp3) is 0.294. The van der Waals surface area contributed by atoms with E-state index in [9.17, 15) is 5.11 Å². The van der Waals surface area contributed by atoms with Crippen LogP contribution in [0.2, 0.25) is 0 Å². The van der Waals surface area contributed by atoms with Gasteiger partial charge in [0, 0.05) is 6.07 Å². The third-order valence-corrected chi connectivity index (χ3v) is 2.73. The minimum absolute atomic E-state index is 0.257. The second kappa shape index (κ2) is 8.20. The van der Waals surface area contributed by atoms with Crippen LogP contribution in [0.5, 0.6) is 11.5 Å². The van der Waals surface area contributed by atoms with Gasteiger partial charge in [0.05, 0.1) is 7.11 Å². The highest BCUT2D eigenvalue weighted by molar-refractivity contribution is 5.38. The Labute approximate surface area is 115 Å². The average Bonchev–Trinajstić information content (AvgIpc) is 2.48. The van der Waals surface area contributed by atoms with E-state index < -0.39 is 0 Å². The van der Waals surface area contributed by atoms with Crippen molar-refractivity contribution in [2.75, 3.05) is 7.11 Å². The van der Waals surface area contributed by atoms with Crippen LogP contribution in [0.1, 0.15) is 25.0 Å². The molecular formula is C17H22O2. The fourth-order valence-corrected chi connectivity index (χ4v) is 1.84. The summed E-state index contributed by atoms with van der Waals surface area (Å²) in [5.74, 6) is 0.959. The van der Waals surface area contributed by atoms with Gasteiger partial charge >= 0.3 is 0 Å². The molecular weight excluding hydrogens is 236 g/mol. The van der Waals surface area contributed by atoms with Crippen LogP contribution >= 0.6 is 0 Å². The number of hydrogen-bond donors (Lipinski definition) is 1. The van der Waals surface area contributed by atoms with E-state index in [2.05, 4.69) is 12.1 Å². The Balaban J connectivity index is 0.000000861. The maximum absolute atomic E-state index is 9.54. The van der Waals surface area contributed by atoms with Gasteiger partial charge in [0.25, 0.3) is 0 Å². The largest absolute Gasteiger partial charge is 0.508 e. The summed E-state index contributed by atoms with van der Waals surface area (Å²) in [6.45, 7) is 4.00. The molecule has 19 heavy (non-hydrogen) atoms. The lowest BCUT2D eigenvalue weighted by Crippen LogP contribution is -1.92. The average molecular weight is 258 g/mol. The molecule has 0 aromatic heterocycles. The van der Waals surface area contributed by atoms with Crippen molar-refractivity contribution in [3.8, 4) is 11.5 Å². The number of aromatic hydroxyl groups is 1. The smallest absolute Gasteiger partial charge is 0.122 e. The molecule has 0 saturated heterocycles. The summed E-state index contributed by atoms with van der Waals surface area (Å²) in [4.78, 5) is 0. The van der Waals surface area contributed by atoms with E-state index in [1.54, 1.807) is 19.2 Å². The van der Waals surface area contributed by atoms with Crippen LogP contribution in [0.4, 0.5) is 0 Å². The second-order valence-electron chi connectivity index (χ2n) is 4.02. The molecule has 0 aliphatic rings. The number of methoxy groups -OCH3 is 1. The van der Waals surface area contributed by atoms with Crippen molar-refractivity contribution in [3.63, 3.8) is 0 Å². The number of hydrogen-bond acceptors (Lipinski definition) is 2. The molecule has 2 rings (SSSR count). The maximum Gasteiger partial charge on any atom is 0.122 e. The van der Waals surface area contributed by atoms with Gasteiger partial charge in [0.1, 0.15) is 11.5 Å². The van der Waals surface area contributed by atoms with Gasteiger partial charge in [-0.3, -0.25) is 0 Å². The lowest BCUT2D eigenvalue weighted by Gasteiger charge is -2.06. The summed E-state index contributed by atoms with van der Waals surface area (Å²) in [7, 11) is 1.61. The predicted molar refractivity (Wildman–Crippen MR) is 79.9 cm³/mol. The van der Waals surface area contributed by atoms with E-state index in [1.165, 1.54) is 5.56 Å². The molecule has 0 atom stereocenters. The van der Waals surface area contributed by atoms with Crippen molar-refractivity contribution in [1.82, 2.24) is 0 Å². The number of benzene rings is 2. The quantitative estimate of drug-likeness (QED) is 0.890. The summed E-state index contributed by atoms with van der Waals surface area (Å²) in [6, 6.07) is 15.7. The van der Waals surface area contributed by atoms with Crippen LogP contribution in [-0.2, 0) is 12.8 Å². The molecule has 2 aromatic carbocycles. The van der Waals surface area contributed by atoms with Crippen LogP contribution in [0.15, 0.2) is 48.5 Å². The SMILES string of the molecule is CC.COc1cc(O)cc(CCc2ccccc2)c1. The first kappa shape index (κ1) is 15.1. The van der Waals surface area contributed by atoms with E-state index in [0.717, 1.165) is 18.4 Å². The summed E-state index contributed by atoms with van der Waals surface area (Å²) in [5, 5.41) is 9.54. The van der Waals surface area contributed by atoms with Gasteiger partial charge in [-0.15, -0.1) is 0 Å². The van der Waals surface area contributed by atoms with Crippen molar-refractivity contribution in [2.24, 2.45) is 0 Å². The highest BCUT2D eigenvalue weighted by atomic mass is 16.5. The van der Waals surface area contributed by atoms with E-state index in [4.69, 9.17) is 4.74 Å². The Morgan fingerprint density at radius 2 is 1.53 bits per heavy atom. The van der Waals surface area contributed by atoms with Crippen molar-refractivity contribution in [3.05, 3.63) is 59.7 Å². The molecule has 1 N–H and O–H groups in total. The van der Waals surface area contributed by atoms with Gasteiger partial charge in [0.15, 0.2) is 0 Å². The Morgan fingerprint density at radius 3 is 2.16 bits per heavy atom. The fourth-order valence-electron chi connectivity index (χ4n) is 1.84. The van der Waals surface area contributed by atoms with Gasteiger partial charge in [-0.2, -0.15) is 0 Å². The van der Waals surface area contributed by atoms with E-state index >= 15 is 0 Å². The molecule has 0 radical (unpaired) electrons. The molecule has 0 spiro atoms. The summed E-state index contributed by atoms with van der Waals surface area (Å²) in [6.07, 6.45) is 1.86. The molecule has 0 aliphatic carbocycles. The zero-order valence-corrected chi connectivity index (χ0v) is 11.9. The Hall–Kier alpha value is -1.96. The van der Waals surface area contributed by atoms with Gasteiger partial charge in [-0.1, -0.05) is 44.2 Å². The summed E-state index contributed by atoms with van der Waals surface area (Å²) >= 11 is 0. The zero-order chi connectivity index (χ0) is 14.1. The molecule has 0 unspecified atom stereocenters. The molecule has 0 bridgehead atoms. The summed E-state index contributed by atoms with van der Waals surface area (Å²) in [5.41, 5.74) is 2.39. The third-order valence-electron chi connectivity index (χ3n) is 2.73. The Bertz CT molecular complexity index is 478. The van der Waals surface area contributed by atoms with Gasteiger partial charge in [-0.05, 0) is 36.1 Å². The molecule has 0 fully saturated rings.